The molecule has 142 valence electrons. The van der Waals surface area contributed by atoms with Crippen molar-refractivity contribution in [3.63, 3.8) is 0 Å². The van der Waals surface area contributed by atoms with Gasteiger partial charge in [0.1, 0.15) is 0 Å². The Hall–Kier alpha value is -2.00. The van der Waals surface area contributed by atoms with Crippen LogP contribution in [0.4, 0.5) is 0 Å². The van der Waals surface area contributed by atoms with Gasteiger partial charge in [0.15, 0.2) is 0 Å². The summed E-state index contributed by atoms with van der Waals surface area (Å²) >= 11 is 0. The minimum Gasteiger partial charge on any atom is -0.0654 e. The fourth-order valence-corrected chi connectivity index (χ4v) is 4.31. The van der Waals surface area contributed by atoms with E-state index in [1.807, 2.05) is 0 Å². The van der Waals surface area contributed by atoms with Gasteiger partial charge < -0.3 is 0 Å². The number of rotatable bonds is 6. The maximum absolute atomic E-state index is 3.30. The summed E-state index contributed by atoms with van der Waals surface area (Å²) < 4.78 is 0. The van der Waals surface area contributed by atoms with E-state index in [1.54, 1.807) is 0 Å². The second-order valence-corrected chi connectivity index (χ2v) is 8.21. The Morgan fingerprint density at radius 1 is 0.667 bits per heavy atom. The van der Waals surface area contributed by atoms with Gasteiger partial charge in [0.05, 0.1) is 0 Å². The maximum Gasteiger partial charge on any atom is 0.0249 e. The quantitative estimate of drug-likeness (QED) is 0.479. The molecule has 0 atom stereocenters. The van der Waals surface area contributed by atoms with E-state index >= 15 is 0 Å². The van der Waals surface area contributed by atoms with Crippen LogP contribution in [0.1, 0.15) is 81.0 Å². The third kappa shape index (κ3) is 6.28. The average Bonchev–Trinajstić information content (AvgIpc) is 2.73. The van der Waals surface area contributed by atoms with Crippen molar-refractivity contribution in [1.29, 1.82) is 0 Å². The van der Waals surface area contributed by atoms with Crippen LogP contribution >= 0.6 is 0 Å². The molecule has 0 radical (unpaired) electrons. The van der Waals surface area contributed by atoms with Crippen molar-refractivity contribution in [3.05, 3.63) is 70.8 Å². The van der Waals surface area contributed by atoms with Crippen molar-refractivity contribution in [2.24, 2.45) is 11.8 Å². The largest absolute Gasteiger partial charge is 0.0654 e. The third-order valence-corrected chi connectivity index (χ3v) is 6.17. The Morgan fingerprint density at radius 2 is 1.15 bits per heavy atom. The second kappa shape index (κ2) is 10.4. The molecule has 27 heavy (non-hydrogen) atoms. The van der Waals surface area contributed by atoms with Crippen molar-refractivity contribution in [2.75, 3.05) is 0 Å². The van der Waals surface area contributed by atoms with Crippen LogP contribution in [-0.4, -0.2) is 0 Å². The van der Waals surface area contributed by atoms with E-state index in [0.717, 1.165) is 29.4 Å². The zero-order chi connectivity index (χ0) is 18.9. The predicted molar refractivity (Wildman–Crippen MR) is 117 cm³/mol. The van der Waals surface area contributed by atoms with Crippen LogP contribution in [0, 0.1) is 23.7 Å². The van der Waals surface area contributed by atoms with Crippen LogP contribution in [0.15, 0.2) is 48.5 Å². The van der Waals surface area contributed by atoms with Gasteiger partial charge in [0.2, 0.25) is 0 Å². The fraction of sp³-hybridized carbons (Fsp3) is 0.481. The molecule has 0 unspecified atom stereocenters. The molecule has 3 rings (SSSR count). The Morgan fingerprint density at radius 3 is 1.63 bits per heavy atom. The molecule has 0 bridgehead atoms. The number of aryl methyl sites for hydroxylation is 2. The second-order valence-electron chi connectivity index (χ2n) is 8.21. The van der Waals surface area contributed by atoms with E-state index in [4.69, 9.17) is 0 Å². The first-order chi connectivity index (χ1) is 13.3. The lowest BCUT2D eigenvalue weighted by atomic mass is 9.78. The molecule has 1 fully saturated rings. The molecule has 0 amide bonds. The van der Waals surface area contributed by atoms with E-state index in [-0.39, 0.29) is 0 Å². The molecule has 0 heteroatoms. The monoisotopic (exact) mass is 358 g/mol. The highest BCUT2D eigenvalue weighted by atomic mass is 14.3. The van der Waals surface area contributed by atoms with E-state index < -0.39 is 0 Å². The van der Waals surface area contributed by atoms with Crippen molar-refractivity contribution in [3.8, 4) is 11.8 Å². The van der Waals surface area contributed by atoms with E-state index in [0.29, 0.717) is 0 Å². The van der Waals surface area contributed by atoms with Crippen LogP contribution in [0.3, 0.4) is 0 Å². The summed E-state index contributed by atoms with van der Waals surface area (Å²) in [4.78, 5) is 0. The van der Waals surface area contributed by atoms with Gasteiger partial charge in [0.25, 0.3) is 0 Å². The van der Waals surface area contributed by atoms with Gasteiger partial charge in [-0.05, 0) is 66.5 Å². The molecule has 0 saturated heterocycles. The molecule has 1 saturated carbocycles. The van der Waals surface area contributed by atoms with Crippen molar-refractivity contribution in [2.45, 2.75) is 71.6 Å². The fourth-order valence-electron chi connectivity index (χ4n) is 4.31. The van der Waals surface area contributed by atoms with E-state index in [2.05, 4.69) is 74.2 Å². The van der Waals surface area contributed by atoms with Crippen LogP contribution in [0.5, 0.6) is 0 Å². The summed E-state index contributed by atoms with van der Waals surface area (Å²) in [6, 6.07) is 17.5. The maximum atomic E-state index is 3.30. The summed E-state index contributed by atoms with van der Waals surface area (Å²) in [6.07, 6.45) is 12.3. The lowest BCUT2D eigenvalue weighted by molar-refractivity contribution is 0.252. The Bertz CT molecular complexity index is 731. The lowest BCUT2D eigenvalue weighted by Gasteiger charge is -2.28. The molecule has 0 aliphatic heterocycles. The predicted octanol–water partition coefficient (Wildman–Crippen LogP) is 7.19. The Balaban J connectivity index is 1.47. The van der Waals surface area contributed by atoms with Gasteiger partial charge in [-0.25, -0.2) is 0 Å². The Labute approximate surface area is 166 Å². The summed E-state index contributed by atoms with van der Waals surface area (Å²) in [6.45, 7) is 4.50. The highest BCUT2D eigenvalue weighted by molar-refractivity contribution is 5.44. The smallest absolute Gasteiger partial charge is 0.0249 e. The van der Waals surface area contributed by atoms with Crippen LogP contribution in [0.2, 0.25) is 0 Å². The highest BCUT2D eigenvalue weighted by Gasteiger charge is 2.20. The van der Waals surface area contributed by atoms with Gasteiger partial charge >= 0.3 is 0 Å². The first-order valence-electron chi connectivity index (χ1n) is 11.0. The highest BCUT2D eigenvalue weighted by Crippen LogP contribution is 2.33. The van der Waals surface area contributed by atoms with Gasteiger partial charge in [0, 0.05) is 11.1 Å². The number of hydrogen-bond donors (Lipinski definition) is 0. The molecule has 0 aromatic heterocycles. The average molecular weight is 359 g/mol. The molecule has 1 aliphatic rings. The molecule has 1 aliphatic carbocycles. The molecule has 0 spiro atoms. The zero-order valence-corrected chi connectivity index (χ0v) is 17.1. The topological polar surface area (TPSA) is 0 Å². The summed E-state index contributed by atoms with van der Waals surface area (Å²) in [5.41, 5.74) is 5.03. The first kappa shape index (κ1) is 19.8. The summed E-state index contributed by atoms with van der Waals surface area (Å²) in [5, 5.41) is 0. The molecule has 0 N–H and O–H groups in total. The van der Waals surface area contributed by atoms with Gasteiger partial charge in [-0.1, -0.05) is 88.5 Å². The van der Waals surface area contributed by atoms with E-state index in [9.17, 15) is 0 Å². The minimum absolute atomic E-state index is 0.948. The van der Waals surface area contributed by atoms with Crippen LogP contribution in [-0.2, 0) is 12.8 Å². The minimum atomic E-state index is 0.948. The molecule has 2 aromatic carbocycles. The normalized spacial score (nSPS) is 19.3. The zero-order valence-electron chi connectivity index (χ0n) is 17.1. The summed E-state index contributed by atoms with van der Waals surface area (Å²) in [5.74, 6) is 8.54. The number of hydrogen-bond acceptors (Lipinski definition) is 0. The van der Waals surface area contributed by atoms with Crippen LogP contribution in [0.25, 0.3) is 0 Å². The van der Waals surface area contributed by atoms with Crippen molar-refractivity contribution in [1.82, 2.24) is 0 Å². The molecule has 0 nitrogen and oxygen atoms in total. The standard InChI is InChI=1S/C27H34/c1-3-5-23-10-12-25(13-11-23)16-17-27-20-18-26(19-21-27)15-14-24-8-6-22(4-2)7-9-24/h6-9,18-21,23,25H,3-5,10-13,16-17H2,1-2H3/t23-,25-. The van der Waals surface area contributed by atoms with E-state index in [1.165, 1.54) is 62.5 Å². The SMILES string of the molecule is CCC[C@H]1CC[C@H](CCc2ccc(C#Cc3ccc(CC)cc3)cc2)CC1. The van der Waals surface area contributed by atoms with Crippen molar-refractivity contribution >= 4 is 0 Å². The summed E-state index contributed by atoms with van der Waals surface area (Å²) in [7, 11) is 0. The lowest BCUT2D eigenvalue weighted by Crippen LogP contribution is -2.15. The first-order valence-corrected chi connectivity index (χ1v) is 11.0. The Kier molecular flexibility index (Phi) is 7.58. The van der Waals surface area contributed by atoms with Gasteiger partial charge in [-0.15, -0.1) is 0 Å². The van der Waals surface area contributed by atoms with Crippen LogP contribution < -0.4 is 0 Å². The third-order valence-electron chi connectivity index (χ3n) is 6.17. The molecule has 0 heterocycles. The molecular formula is C27H34. The number of benzene rings is 2. The van der Waals surface area contributed by atoms with Gasteiger partial charge in [-0.3, -0.25) is 0 Å². The van der Waals surface area contributed by atoms with Gasteiger partial charge in [-0.2, -0.15) is 0 Å². The van der Waals surface area contributed by atoms with Crippen molar-refractivity contribution < 1.29 is 0 Å². The molecule has 2 aromatic rings. The molecular weight excluding hydrogens is 324 g/mol.